The molecule has 0 radical (unpaired) electrons. The first kappa shape index (κ1) is 17.9. The highest BCUT2D eigenvalue weighted by Gasteiger charge is 2.22. The van der Waals surface area contributed by atoms with Gasteiger partial charge in [-0.15, -0.1) is 0 Å². The van der Waals surface area contributed by atoms with Crippen LogP contribution in [0.2, 0.25) is 0 Å². The number of esters is 1. The lowest BCUT2D eigenvalue weighted by Crippen LogP contribution is -2.16. The Morgan fingerprint density at radius 2 is 2.10 bits per heavy atom. The molecule has 10 heteroatoms. The summed E-state index contributed by atoms with van der Waals surface area (Å²) in [5.74, 6) is -0.904. The maximum absolute atomic E-state index is 12.5. The van der Waals surface area contributed by atoms with E-state index >= 15 is 0 Å². The van der Waals surface area contributed by atoms with Gasteiger partial charge >= 0.3 is 5.97 Å². The van der Waals surface area contributed by atoms with Gasteiger partial charge in [0.05, 0.1) is 13.2 Å². The number of nitrogens with zero attached hydrogens (tertiary/aromatic N) is 1. The van der Waals surface area contributed by atoms with Gasteiger partial charge in [0.25, 0.3) is 15.5 Å². The normalized spacial score (nSPS) is 11.9. The van der Waals surface area contributed by atoms with Gasteiger partial charge in [-0.3, -0.25) is 0 Å². The lowest BCUT2D eigenvalue weighted by molar-refractivity contribution is 0.0449. The predicted octanol–water partition coefficient (Wildman–Crippen LogP) is 1.87. The summed E-state index contributed by atoms with van der Waals surface area (Å²) in [6.45, 7) is -0.447. The molecule has 0 N–H and O–H groups in total. The minimum Gasteiger partial charge on any atom is -0.461 e. The van der Waals surface area contributed by atoms with Gasteiger partial charge in [0.1, 0.15) is 10.6 Å². The van der Waals surface area contributed by atoms with Gasteiger partial charge in [-0.1, -0.05) is 0 Å². The van der Waals surface area contributed by atoms with Crippen molar-refractivity contribution in [1.82, 2.24) is 4.57 Å². The molecular formula is C11H14ClF2NO5S. The smallest absolute Gasteiger partial charge is 0.354 e. The van der Waals surface area contributed by atoms with E-state index < -0.39 is 32.9 Å². The Kier molecular flexibility index (Phi) is 6.56. The summed E-state index contributed by atoms with van der Waals surface area (Å²) in [5.41, 5.74) is -0.299. The van der Waals surface area contributed by atoms with Crippen molar-refractivity contribution in [3.05, 3.63) is 18.0 Å². The average molecular weight is 346 g/mol. The molecule has 0 aromatic carbocycles. The molecular weight excluding hydrogens is 332 g/mol. The molecule has 1 aromatic heterocycles. The Bertz CT molecular complexity index is 587. The third kappa shape index (κ3) is 5.60. The fraction of sp³-hybridized carbons (Fsp3) is 0.545. The topological polar surface area (TPSA) is 74.6 Å². The van der Waals surface area contributed by atoms with E-state index in [4.69, 9.17) is 20.2 Å². The highest BCUT2D eigenvalue weighted by molar-refractivity contribution is 8.13. The van der Waals surface area contributed by atoms with Crippen LogP contribution in [0.1, 0.15) is 16.9 Å². The first-order valence-corrected chi connectivity index (χ1v) is 8.15. The van der Waals surface area contributed by atoms with Crippen molar-refractivity contribution >= 4 is 25.7 Å². The van der Waals surface area contributed by atoms with Gasteiger partial charge in [-0.25, -0.2) is 22.0 Å². The first-order valence-electron chi connectivity index (χ1n) is 5.84. The lowest BCUT2D eigenvalue weighted by atomic mass is 10.4. The predicted molar refractivity (Wildman–Crippen MR) is 70.3 cm³/mol. The molecule has 0 saturated carbocycles. The number of rotatable bonds is 8. The molecule has 0 unspecified atom stereocenters. The second kappa shape index (κ2) is 7.71. The molecule has 0 aliphatic carbocycles. The van der Waals surface area contributed by atoms with E-state index in [9.17, 15) is 22.0 Å². The zero-order valence-electron chi connectivity index (χ0n) is 11.1. The fourth-order valence-electron chi connectivity index (χ4n) is 1.53. The second-order valence-corrected chi connectivity index (χ2v) is 6.59. The Hall–Kier alpha value is -1.19. The molecule has 0 bridgehead atoms. The van der Waals surface area contributed by atoms with E-state index in [-0.39, 0.29) is 12.3 Å². The van der Waals surface area contributed by atoms with Crippen LogP contribution in [-0.2, 0) is 25.1 Å². The minimum absolute atomic E-state index is 0.0233. The van der Waals surface area contributed by atoms with Crippen LogP contribution in [0, 0.1) is 0 Å². The highest BCUT2D eigenvalue weighted by Crippen LogP contribution is 2.20. The van der Waals surface area contributed by atoms with Gasteiger partial charge in [-0.05, 0) is 6.07 Å². The standard InChI is InChI=1S/C11H14ClF2NO5S/c1-19-3-2-4-20-11(16)9-5-8(21(12,17)18)6-15(9)7-10(13)14/h5-6,10H,2-4,7H2,1H3. The number of aromatic nitrogens is 1. The van der Waals surface area contributed by atoms with Crippen LogP contribution in [0.5, 0.6) is 0 Å². The van der Waals surface area contributed by atoms with E-state index in [1.807, 2.05) is 0 Å². The molecule has 6 nitrogen and oxygen atoms in total. The van der Waals surface area contributed by atoms with Crippen LogP contribution < -0.4 is 0 Å². The van der Waals surface area contributed by atoms with Gasteiger partial charge in [0, 0.05) is 37.0 Å². The van der Waals surface area contributed by atoms with Crippen molar-refractivity contribution in [2.45, 2.75) is 24.3 Å². The molecule has 0 atom stereocenters. The molecule has 0 aliphatic rings. The average Bonchev–Trinajstić information content (AvgIpc) is 2.77. The number of hydrogen-bond donors (Lipinski definition) is 0. The zero-order valence-corrected chi connectivity index (χ0v) is 12.7. The maximum atomic E-state index is 12.5. The SMILES string of the molecule is COCCCOC(=O)c1cc(S(=O)(=O)Cl)cn1CC(F)F. The molecule has 1 aromatic rings. The van der Waals surface area contributed by atoms with Gasteiger partial charge in [0.2, 0.25) is 0 Å². The number of hydrogen-bond acceptors (Lipinski definition) is 5. The molecule has 1 heterocycles. The van der Waals surface area contributed by atoms with E-state index in [1.54, 1.807) is 0 Å². The van der Waals surface area contributed by atoms with E-state index in [0.717, 1.165) is 16.8 Å². The monoisotopic (exact) mass is 345 g/mol. The van der Waals surface area contributed by atoms with E-state index in [2.05, 4.69) is 0 Å². The van der Waals surface area contributed by atoms with Crippen molar-refractivity contribution in [2.24, 2.45) is 0 Å². The molecule has 0 aliphatic heterocycles. The summed E-state index contributed by atoms with van der Waals surface area (Å²) < 4.78 is 57.7. The summed E-state index contributed by atoms with van der Waals surface area (Å²) in [6, 6.07) is 0.906. The van der Waals surface area contributed by atoms with Crippen molar-refractivity contribution in [3.63, 3.8) is 0 Å². The largest absolute Gasteiger partial charge is 0.461 e. The molecule has 1 rings (SSSR count). The van der Waals surface area contributed by atoms with Crippen LogP contribution in [-0.4, -0.2) is 45.7 Å². The van der Waals surface area contributed by atoms with Crippen LogP contribution in [0.3, 0.4) is 0 Å². The Morgan fingerprint density at radius 3 is 2.62 bits per heavy atom. The van der Waals surface area contributed by atoms with Crippen LogP contribution in [0.25, 0.3) is 0 Å². The second-order valence-electron chi connectivity index (χ2n) is 4.02. The number of ether oxygens (including phenoxy) is 2. The quantitative estimate of drug-likeness (QED) is 0.408. The highest BCUT2D eigenvalue weighted by atomic mass is 35.7. The summed E-state index contributed by atoms with van der Waals surface area (Å²) in [7, 11) is 2.49. The van der Waals surface area contributed by atoms with Crippen molar-refractivity contribution < 1.29 is 31.5 Å². The third-order valence-corrected chi connectivity index (χ3v) is 3.74. The summed E-state index contributed by atoms with van der Waals surface area (Å²) in [6.07, 6.45) is -1.46. The molecule has 0 fully saturated rings. The summed E-state index contributed by atoms with van der Waals surface area (Å²) >= 11 is 0. The Labute approximate surface area is 125 Å². The van der Waals surface area contributed by atoms with Crippen molar-refractivity contribution in [2.75, 3.05) is 20.3 Å². The molecule has 0 spiro atoms. The van der Waals surface area contributed by atoms with Gasteiger partial charge < -0.3 is 14.0 Å². The van der Waals surface area contributed by atoms with Crippen LogP contribution in [0.4, 0.5) is 8.78 Å². The number of carbonyl (C=O) groups is 1. The lowest BCUT2D eigenvalue weighted by Gasteiger charge is -2.08. The van der Waals surface area contributed by atoms with Gasteiger partial charge in [0.15, 0.2) is 0 Å². The maximum Gasteiger partial charge on any atom is 0.354 e. The Balaban J connectivity index is 2.92. The Morgan fingerprint density at radius 1 is 1.43 bits per heavy atom. The third-order valence-electron chi connectivity index (χ3n) is 2.42. The zero-order chi connectivity index (χ0) is 16.0. The molecule has 21 heavy (non-hydrogen) atoms. The molecule has 0 amide bonds. The van der Waals surface area contributed by atoms with E-state index in [0.29, 0.717) is 13.0 Å². The first-order chi connectivity index (χ1) is 9.75. The van der Waals surface area contributed by atoms with E-state index in [1.165, 1.54) is 7.11 Å². The number of halogens is 3. The van der Waals surface area contributed by atoms with Crippen molar-refractivity contribution in [1.29, 1.82) is 0 Å². The van der Waals surface area contributed by atoms with Crippen LogP contribution in [0.15, 0.2) is 17.2 Å². The fourth-order valence-corrected chi connectivity index (χ4v) is 2.29. The summed E-state index contributed by atoms with van der Waals surface area (Å²) in [5, 5.41) is 0. The van der Waals surface area contributed by atoms with Gasteiger partial charge in [-0.2, -0.15) is 0 Å². The van der Waals surface area contributed by atoms with Crippen LogP contribution >= 0.6 is 10.7 Å². The number of carbonyl (C=O) groups excluding carboxylic acids is 1. The number of alkyl halides is 2. The molecule has 0 saturated heterocycles. The minimum atomic E-state index is -4.12. The number of methoxy groups -OCH3 is 1. The summed E-state index contributed by atoms with van der Waals surface area (Å²) in [4.78, 5) is 11.3. The van der Waals surface area contributed by atoms with Crippen molar-refractivity contribution in [3.8, 4) is 0 Å². The molecule has 120 valence electrons.